The molecule has 1 aromatic heterocycles. The summed E-state index contributed by atoms with van der Waals surface area (Å²) in [6.45, 7) is 0.0916. The number of hydrogen-bond donors (Lipinski definition) is 1. The van der Waals surface area contributed by atoms with E-state index < -0.39 is 10.0 Å². The van der Waals surface area contributed by atoms with Crippen molar-refractivity contribution in [1.82, 2.24) is 9.29 Å². The van der Waals surface area contributed by atoms with Gasteiger partial charge >= 0.3 is 0 Å². The second kappa shape index (κ2) is 7.87. The molecule has 1 saturated carbocycles. The van der Waals surface area contributed by atoms with Gasteiger partial charge in [0.05, 0.1) is 12.4 Å². The van der Waals surface area contributed by atoms with Crippen molar-refractivity contribution in [2.24, 2.45) is 0 Å². The molecule has 0 amide bonds. The van der Waals surface area contributed by atoms with Crippen LogP contribution in [-0.2, 0) is 16.4 Å². The third kappa shape index (κ3) is 4.76. The van der Waals surface area contributed by atoms with Gasteiger partial charge in [-0.05, 0) is 37.0 Å². The van der Waals surface area contributed by atoms with Crippen LogP contribution in [0.1, 0.15) is 37.7 Å². The number of hydrogen-bond acceptors (Lipinski definition) is 4. The molecule has 0 radical (unpaired) electrons. The maximum absolute atomic E-state index is 12.6. The molecule has 1 aliphatic rings. The van der Waals surface area contributed by atoms with Crippen molar-refractivity contribution in [2.75, 3.05) is 18.9 Å². The first-order chi connectivity index (χ1) is 10.1. The third-order valence-corrected chi connectivity index (χ3v) is 5.97. The predicted octanol–water partition coefficient (Wildman–Crippen LogP) is 1.58. The average molecular weight is 312 g/mol. The summed E-state index contributed by atoms with van der Waals surface area (Å²) in [6.07, 6.45) is 8.99. The number of pyridine rings is 1. The van der Waals surface area contributed by atoms with Crippen LogP contribution in [0, 0.1) is 0 Å². The Bertz CT molecular complexity index is 513. The van der Waals surface area contributed by atoms with Crippen LogP contribution in [0.25, 0.3) is 0 Å². The lowest BCUT2D eigenvalue weighted by Gasteiger charge is -2.33. The van der Waals surface area contributed by atoms with Crippen LogP contribution in [0.15, 0.2) is 24.5 Å². The highest BCUT2D eigenvalue weighted by Gasteiger charge is 2.30. The first kappa shape index (κ1) is 16.4. The Balaban J connectivity index is 2.02. The standard InChI is InChI=1S/C15H24N2O3S/c18-12-11-17(15-4-2-1-3-5-15)21(19,20)13-8-14-6-9-16-10-7-14/h6-7,9-10,15,18H,1-5,8,11-13H2. The number of aromatic nitrogens is 1. The van der Waals surface area contributed by atoms with E-state index in [0.29, 0.717) is 6.42 Å². The van der Waals surface area contributed by atoms with Gasteiger partial charge in [0.1, 0.15) is 0 Å². The first-order valence-electron chi connectivity index (χ1n) is 7.63. The van der Waals surface area contributed by atoms with Gasteiger partial charge in [-0.25, -0.2) is 8.42 Å². The molecule has 5 nitrogen and oxygen atoms in total. The number of sulfonamides is 1. The van der Waals surface area contributed by atoms with E-state index in [0.717, 1.165) is 31.2 Å². The minimum atomic E-state index is -3.33. The molecular formula is C15H24N2O3S. The molecule has 2 rings (SSSR count). The minimum Gasteiger partial charge on any atom is -0.395 e. The van der Waals surface area contributed by atoms with E-state index in [1.807, 2.05) is 12.1 Å². The Morgan fingerprint density at radius 3 is 2.48 bits per heavy atom. The van der Waals surface area contributed by atoms with Gasteiger partial charge in [0.2, 0.25) is 10.0 Å². The fourth-order valence-electron chi connectivity index (χ4n) is 2.93. The van der Waals surface area contributed by atoms with Gasteiger partial charge in [0.15, 0.2) is 0 Å². The Morgan fingerprint density at radius 2 is 1.86 bits per heavy atom. The van der Waals surface area contributed by atoms with E-state index in [-0.39, 0.29) is 24.9 Å². The Kier molecular flexibility index (Phi) is 6.14. The Labute approximate surface area is 127 Å². The topological polar surface area (TPSA) is 70.5 Å². The van der Waals surface area contributed by atoms with Crippen LogP contribution in [0.2, 0.25) is 0 Å². The van der Waals surface area contributed by atoms with Gasteiger partial charge < -0.3 is 5.11 Å². The van der Waals surface area contributed by atoms with Crippen LogP contribution in [0.5, 0.6) is 0 Å². The smallest absolute Gasteiger partial charge is 0.214 e. The largest absolute Gasteiger partial charge is 0.395 e. The molecule has 21 heavy (non-hydrogen) atoms. The molecule has 1 aliphatic carbocycles. The summed E-state index contributed by atoms with van der Waals surface area (Å²) < 4.78 is 26.7. The van der Waals surface area contributed by atoms with Crippen LogP contribution < -0.4 is 0 Å². The van der Waals surface area contributed by atoms with Crippen LogP contribution in [-0.4, -0.2) is 47.8 Å². The van der Waals surface area contributed by atoms with Gasteiger partial charge in [-0.15, -0.1) is 0 Å². The van der Waals surface area contributed by atoms with Crippen molar-refractivity contribution >= 4 is 10.0 Å². The SMILES string of the molecule is O=S(=O)(CCc1ccncc1)N(CCO)C1CCCCC1. The summed E-state index contributed by atoms with van der Waals surface area (Å²) >= 11 is 0. The molecule has 0 aliphatic heterocycles. The van der Waals surface area contributed by atoms with E-state index in [1.165, 1.54) is 10.7 Å². The quantitative estimate of drug-likeness (QED) is 0.830. The predicted molar refractivity (Wildman–Crippen MR) is 82.4 cm³/mol. The second-order valence-corrected chi connectivity index (χ2v) is 7.59. The Hall–Kier alpha value is -0.980. The van der Waals surface area contributed by atoms with Crippen molar-refractivity contribution in [2.45, 2.75) is 44.6 Å². The van der Waals surface area contributed by atoms with Gasteiger partial charge in [-0.1, -0.05) is 19.3 Å². The summed E-state index contributed by atoms with van der Waals surface area (Å²) in [5.74, 6) is 0.0908. The molecule has 0 spiro atoms. The van der Waals surface area contributed by atoms with E-state index in [2.05, 4.69) is 4.98 Å². The zero-order chi connectivity index (χ0) is 15.1. The second-order valence-electron chi connectivity index (χ2n) is 5.55. The minimum absolute atomic E-state index is 0.0633. The number of nitrogens with zero attached hydrogens (tertiary/aromatic N) is 2. The summed E-state index contributed by atoms with van der Waals surface area (Å²) in [6, 6.07) is 3.74. The lowest BCUT2D eigenvalue weighted by molar-refractivity contribution is 0.199. The summed E-state index contributed by atoms with van der Waals surface area (Å²) in [5, 5.41) is 9.20. The van der Waals surface area contributed by atoms with Crippen LogP contribution >= 0.6 is 0 Å². The molecule has 0 saturated heterocycles. The number of aliphatic hydroxyl groups excluding tert-OH is 1. The number of rotatable bonds is 7. The van der Waals surface area contributed by atoms with Crippen molar-refractivity contribution in [3.8, 4) is 0 Å². The maximum Gasteiger partial charge on any atom is 0.214 e. The summed E-state index contributed by atoms with van der Waals surface area (Å²) in [7, 11) is -3.33. The van der Waals surface area contributed by atoms with E-state index in [4.69, 9.17) is 0 Å². The van der Waals surface area contributed by atoms with E-state index in [9.17, 15) is 13.5 Å². The van der Waals surface area contributed by atoms with E-state index in [1.54, 1.807) is 12.4 Å². The monoisotopic (exact) mass is 312 g/mol. The summed E-state index contributed by atoms with van der Waals surface area (Å²) in [5.41, 5.74) is 0.973. The number of aliphatic hydroxyl groups is 1. The molecule has 6 heteroatoms. The maximum atomic E-state index is 12.6. The molecule has 1 N–H and O–H groups in total. The van der Waals surface area contributed by atoms with Crippen molar-refractivity contribution < 1.29 is 13.5 Å². The fraction of sp³-hybridized carbons (Fsp3) is 0.667. The number of aryl methyl sites for hydroxylation is 1. The normalized spacial score (nSPS) is 17.2. The van der Waals surface area contributed by atoms with Gasteiger partial charge in [-0.2, -0.15) is 4.31 Å². The highest BCUT2D eigenvalue weighted by molar-refractivity contribution is 7.89. The molecule has 0 atom stereocenters. The lowest BCUT2D eigenvalue weighted by Crippen LogP contribution is -2.44. The van der Waals surface area contributed by atoms with Gasteiger partial charge in [0.25, 0.3) is 0 Å². The molecular weight excluding hydrogens is 288 g/mol. The average Bonchev–Trinajstić information content (AvgIpc) is 2.52. The van der Waals surface area contributed by atoms with Crippen molar-refractivity contribution in [3.05, 3.63) is 30.1 Å². The Morgan fingerprint density at radius 1 is 1.19 bits per heavy atom. The highest BCUT2D eigenvalue weighted by atomic mass is 32.2. The molecule has 1 aromatic rings. The van der Waals surface area contributed by atoms with Crippen LogP contribution in [0.4, 0.5) is 0 Å². The third-order valence-electron chi connectivity index (χ3n) is 4.06. The van der Waals surface area contributed by atoms with Crippen molar-refractivity contribution in [1.29, 1.82) is 0 Å². The molecule has 0 aromatic carbocycles. The van der Waals surface area contributed by atoms with Gasteiger partial charge in [0, 0.05) is 25.0 Å². The fourth-order valence-corrected chi connectivity index (χ4v) is 4.68. The molecule has 0 bridgehead atoms. The molecule has 1 heterocycles. The molecule has 118 valence electrons. The summed E-state index contributed by atoms with van der Waals surface area (Å²) in [4.78, 5) is 3.93. The zero-order valence-electron chi connectivity index (χ0n) is 12.3. The highest BCUT2D eigenvalue weighted by Crippen LogP contribution is 2.25. The lowest BCUT2D eigenvalue weighted by atomic mass is 9.95. The van der Waals surface area contributed by atoms with Crippen LogP contribution in [0.3, 0.4) is 0 Å². The zero-order valence-corrected chi connectivity index (χ0v) is 13.1. The molecule has 1 fully saturated rings. The molecule has 0 unspecified atom stereocenters. The first-order valence-corrected chi connectivity index (χ1v) is 9.23. The van der Waals surface area contributed by atoms with E-state index >= 15 is 0 Å². The van der Waals surface area contributed by atoms with Gasteiger partial charge in [-0.3, -0.25) is 4.98 Å². The van der Waals surface area contributed by atoms with Crippen molar-refractivity contribution in [3.63, 3.8) is 0 Å².